The molecule has 0 fully saturated rings. The molecule has 32 heavy (non-hydrogen) atoms. The molecule has 3 aromatic carbocycles. The highest BCUT2D eigenvalue weighted by Crippen LogP contribution is 2.39. The Kier molecular flexibility index (Phi) is 8.18. The molecule has 0 heterocycles. The minimum Gasteiger partial charge on any atom is -0.508 e. The van der Waals surface area contributed by atoms with Gasteiger partial charge < -0.3 is 5.11 Å². The van der Waals surface area contributed by atoms with E-state index in [0.29, 0.717) is 11.7 Å². The highest BCUT2D eigenvalue weighted by atomic mass is 16.3. The van der Waals surface area contributed by atoms with E-state index in [1.807, 2.05) is 18.2 Å². The Balaban J connectivity index is 1.63. The lowest BCUT2D eigenvalue weighted by Crippen LogP contribution is -2.30. The van der Waals surface area contributed by atoms with Gasteiger partial charge in [-0.3, -0.25) is 0 Å². The van der Waals surface area contributed by atoms with E-state index in [-0.39, 0.29) is 10.8 Å². The van der Waals surface area contributed by atoms with Gasteiger partial charge in [0.25, 0.3) is 0 Å². The lowest BCUT2D eigenvalue weighted by Gasteiger charge is -2.36. The highest BCUT2D eigenvalue weighted by molar-refractivity contribution is 5.33. The van der Waals surface area contributed by atoms with Gasteiger partial charge in [0.15, 0.2) is 0 Å². The van der Waals surface area contributed by atoms with Crippen LogP contribution in [0.2, 0.25) is 0 Å². The quantitative estimate of drug-likeness (QED) is 0.304. The minimum absolute atomic E-state index is 0.0485. The Morgan fingerprint density at radius 1 is 0.656 bits per heavy atom. The van der Waals surface area contributed by atoms with Crippen molar-refractivity contribution in [2.45, 2.75) is 77.0 Å². The van der Waals surface area contributed by atoms with Gasteiger partial charge in [0.05, 0.1) is 0 Å². The van der Waals surface area contributed by atoms with Gasteiger partial charge in [0.2, 0.25) is 0 Å². The summed E-state index contributed by atoms with van der Waals surface area (Å²) < 4.78 is 0. The van der Waals surface area contributed by atoms with Crippen molar-refractivity contribution in [1.82, 2.24) is 0 Å². The summed E-state index contributed by atoms with van der Waals surface area (Å²) in [6, 6.07) is 29.6. The van der Waals surface area contributed by atoms with E-state index in [9.17, 15) is 5.11 Å². The highest BCUT2D eigenvalue weighted by Gasteiger charge is 2.31. The molecule has 0 aliphatic heterocycles. The van der Waals surface area contributed by atoms with Crippen LogP contribution in [0.15, 0.2) is 84.9 Å². The molecule has 0 aliphatic rings. The zero-order valence-corrected chi connectivity index (χ0v) is 20.4. The molecule has 3 aromatic rings. The van der Waals surface area contributed by atoms with Crippen LogP contribution >= 0.6 is 0 Å². The second kappa shape index (κ2) is 10.9. The number of unbranched alkanes of at least 4 members (excludes halogenated alkanes) is 2. The topological polar surface area (TPSA) is 20.2 Å². The third-order valence-corrected chi connectivity index (χ3v) is 7.41. The molecule has 0 aromatic heterocycles. The van der Waals surface area contributed by atoms with Crippen LogP contribution in [0.5, 0.6) is 5.75 Å². The number of para-hydroxylation sites is 1. The van der Waals surface area contributed by atoms with Crippen molar-refractivity contribution in [3.05, 3.63) is 102 Å². The molecule has 0 saturated carbocycles. The number of phenols is 1. The zero-order valence-electron chi connectivity index (χ0n) is 20.4. The fourth-order valence-electron chi connectivity index (χ4n) is 4.94. The van der Waals surface area contributed by atoms with Gasteiger partial charge in [-0.15, -0.1) is 0 Å². The van der Waals surface area contributed by atoms with Crippen molar-refractivity contribution in [1.29, 1.82) is 0 Å². The third kappa shape index (κ3) is 6.25. The maximum absolute atomic E-state index is 10.4. The Labute approximate surface area is 195 Å². The van der Waals surface area contributed by atoms with Gasteiger partial charge in [0.1, 0.15) is 5.75 Å². The van der Waals surface area contributed by atoms with Gasteiger partial charge in [-0.2, -0.15) is 0 Å². The Morgan fingerprint density at radius 3 is 1.84 bits per heavy atom. The first kappa shape index (κ1) is 24.1. The summed E-state index contributed by atoms with van der Waals surface area (Å²) in [6.07, 6.45) is 7.00. The number of phenolic OH excluding ortho intramolecular Hbond substituents is 1. The molecule has 0 aliphatic carbocycles. The standard InChI is InChI=1S/C31H40O/c1-30(2,26-17-8-5-9-18-26)23-15-7-12-21-28(24-25-16-13-14-22-29(25)32)31(3,4)27-19-10-6-11-20-27/h5-6,8-11,13-14,16-20,22,28,32H,7,12,15,21,23-24H2,1-4H3. The lowest BCUT2D eigenvalue weighted by molar-refractivity contribution is 0.282. The molecule has 3 rings (SSSR count). The molecule has 0 bridgehead atoms. The molecule has 170 valence electrons. The molecule has 0 saturated heterocycles. The Morgan fingerprint density at radius 2 is 1.22 bits per heavy atom. The van der Waals surface area contributed by atoms with Crippen LogP contribution in [0.3, 0.4) is 0 Å². The summed E-state index contributed by atoms with van der Waals surface area (Å²) in [5.74, 6) is 0.895. The summed E-state index contributed by atoms with van der Waals surface area (Å²) in [5, 5.41) is 10.4. The minimum atomic E-state index is 0.0485. The first-order valence-corrected chi connectivity index (χ1v) is 12.2. The van der Waals surface area contributed by atoms with Crippen LogP contribution < -0.4 is 0 Å². The van der Waals surface area contributed by atoms with Crippen LogP contribution in [0.25, 0.3) is 0 Å². The molecule has 0 spiro atoms. The summed E-state index contributed by atoms with van der Waals surface area (Å²) in [4.78, 5) is 0. The average Bonchev–Trinajstić information content (AvgIpc) is 2.80. The number of hydrogen-bond donors (Lipinski definition) is 1. The number of hydrogen-bond acceptors (Lipinski definition) is 1. The average molecular weight is 429 g/mol. The summed E-state index contributed by atoms with van der Waals surface area (Å²) >= 11 is 0. The van der Waals surface area contributed by atoms with Gasteiger partial charge in [0, 0.05) is 0 Å². The predicted molar refractivity (Wildman–Crippen MR) is 137 cm³/mol. The summed E-state index contributed by atoms with van der Waals surface area (Å²) in [5.41, 5.74) is 4.15. The van der Waals surface area contributed by atoms with Crippen LogP contribution in [0.1, 0.15) is 76.5 Å². The van der Waals surface area contributed by atoms with E-state index in [1.165, 1.54) is 43.2 Å². The van der Waals surface area contributed by atoms with E-state index in [2.05, 4.69) is 94.4 Å². The first-order valence-electron chi connectivity index (χ1n) is 12.2. The van der Waals surface area contributed by atoms with Crippen LogP contribution in [0.4, 0.5) is 0 Å². The van der Waals surface area contributed by atoms with E-state index in [0.717, 1.165) is 12.0 Å². The van der Waals surface area contributed by atoms with Gasteiger partial charge in [-0.25, -0.2) is 0 Å². The maximum atomic E-state index is 10.4. The second-order valence-corrected chi connectivity index (χ2v) is 10.5. The SMILES string of the molecule is CC(C)(CCCCCC(Cc1ccccc1O)C(C)(C)c1ccccc1)c1ccccc1. The maximum Gasteiger partial charge on any atom is 0.118 e. The van der Waals surface area contributed by atoms with Crippen molar-refractivity contribution in [3.63, 3.8) is 0 Å². The Bertz CT molecular complexity index is 940. The van der Waals surface area contributed by atoms with Crippen molar-refractivity contribution in [3.8, 4) is 5.75 Å². The van der Waals surface area contributed by atoms with Crippen molar-refractivity contribution < 1.29 is 5.11 Å². The van der Waals surface area contributed by atoms with Crippen LogP contribution in [0, 0.1) is 5.92 Å². The predicted octanol–water partition coefficient (Wildman–Crippen LogP) is 8.46. The van der Waals surface area contributed by atoms with E-state index in [1.54, 1.807) is 0 Å². The van der Waals surface area contributed by atoms with Crippen molar-refractivity contribution >= 4 is 0 Å². The molecule has 1 atom stereocenters. The third-order valence-electron chi connectivity index (χ3n) is 7.41. The number of aromatic hydroxyl groups is 1. The van der Waals surface area contributed by atoms with Gasteiger partial charge in [-0.05, 0) is 58.8 Å². The van der Waals surface area contributed by atoms with Crippen molar-refractivity contribution in [2.75, 3.05) is 0 Å². The molecule has 1 nitrogen and oxygen atoms in total. The molecule has 1 heteroatoms. The summed E-state index contributed by atoms with van der Waals surface area (Å²) in [6.45, 7) is 9.46. The molecule has 0 amide bonds. The molecule has 1 unspecified atom stereocenters. The summed E-state index contributed by atoms with van der Waals surface area (Å²) in [7, 11) is 0. The van der Waals surface area contributed by atoms with E-state index in [4.69, 9.17) is 0 Å². The zero-order chi connectivity index (χ0) is 23.0. The molecular weight excluding hydrogens is 388 g/mol. The van der Waals surface area contributed by atoms with Crippen LogP contribution in [-0.4, -0.2) is 5.11 Å². The molecular formula is C31H40O. The fourth-order valence-corrected chi connectivity index (χ4v) is 4.94. The normalized spacial score (nSPS) is 13.1. The smallest absolute Gasteiger partial charge is 0.118 e. The fraction of sp³-hybridized carbons (Fsp3) is 0.419. The first-order chi connectivity index (χ1) is 15.3. The largest absolute Gasteiger partial charge is 0.508 e. The van der Waals surface area contributed by atoms with E-state index >= 15 is 0 Å². The monoisotopic (exact) mass is 428 g/mol. The molecule has 0 radical (unpaired) electrons. The van der Waals surface area contributed by atoms with Gasteiger partial charge in [-0.1, -0.05) is 126 Å². The van der Waals surface area contributed by atoms with Crippen molar-refractivity contribution in [2.24, 2.45) is 5.92 Å². The van der Waals surface area contributed by atoms with E-state index < -0.39 is 0 Å². The Hall–Kier alpha value is -2.54. The number of benzene rings is 3. The van der Waals surface area contributed by atoms with Crippen LogP contribution in [-0.2, 0) is 17.3 Å². The number of rotatable bonds is 11. The lowest BCUT2D eigenvalue weighted by atomic mass is 9.69. The van der Waals surface area contributed by atoms with Gasteiger partial charge >= 0.3 is 0 Å². The molecule has 1 N–H and O–H groups in total. The second-order valence-electron chi connectivity index (χ2n) is 10.5.